The first-order valence-electron chi connectivity index (χ1n) is 6.16. The summed E-state index contributed by atoms with van der Waals surface area (Å²) in [6.07, 6.45) is -0.596. The summed E-state index contributed by atoms with van der Waals surface area (Å²) in [5.74, 6) is 0. The molecule has 0 saturated heterocycles. The fraction of sp³-hybridized carbons (Fsp3) is 0.538. The Morgan fingerprint density at radius 1 is 0.913 bits per heavy atom. The molecule has 0 fully saturated rings. The molecule has 0 bridgehead atoms. The lowest BCUT2D eigenvalue weighted by Crippen LogP contribution is -2.54. The van der Waals surface area contributed by atoms with Crippen molar-refractivity contribution < 1.29 is 5.11 Å². The molecule has 1 aromatic rings. The van der Waals surface area contributed by atoms with Gasteiger partial charge in [-0.2, -0.15) is 0 Å². The second-order valence-electron chi connectivity index (χ2n) is 4.74. The number of benzene rings is 1. The van der Waals surface area contributed by atoms with Crippen LogP contribution in [0.4, 0.5) is 0 Å². The fourth-order valence-corrected chi connectivity index (χ4v) is 3.94. The van der Waals surface area contributed by atoms with Gasteiger partial charge in [-0.25, -0.2) is 5.11 Å². The molecular formula is C13H10Cl9O. The third-order valence-electron chi connectivity index (χ3n) is 3.14. The molecule has 1 unspecified atom stereocenters. The van der Waals surface area contributed by atoms with E-state index in [1.54, 1.807) is 19.1 Å². The van der Waals surface area contributed by atoms with Crippen molar-refractivity contribution in [2.45, 2.75) is 36.2 Å². The molecule has 1 atom stereocenters. The quantitative estimate of drug-likeness (QED) is 0.366. The summed E-state index contributed by atoms with van der Waals surface area (Å²) in [6, 6.07) is 6.17. The Labute approximate surface area is 180 Å². The highest BCUT2D eigenvalue weighted by Gasteiger charge is 2.68. The van der Waals surface area contributed by atoms with Crippen LogP contribution in [0, 0.1) is 0 Å². The van der Waals surface area contributed by atoms with E-state index in [9.17, 15) is 5.11 Å². The molecule has 0 saturated carbocycles. The molecular weight excluding hydrogens is 491 g/mol. The third kappa shape index (κ3) is 4.38. The molecule has 131 valence electrons. The minimum Gasteiger partial charge on any atom is -0.228 e. The Hall–Kier alpha value is 1.79. The highest BCUT2D eigenvalue weighted by Crippen LogP contribution is 2.65. The van der Waals surface area contributed by atoms with Crippen molar-refractivity contribution in [2.24, 2.45) is 0 Å². The van der Waals surface area contributed by atoms with Crippen molar-refractivity contribution in [3.63, 3.8) is 0 Å². The Balaban J connectivity index is 3.40. The predicted octanol–water partition coefficient (Wildman–Crippen LogP) is 7.92. The fourth-order valence-electron chi connectivity index (χ4n) is 1.73. The molecule has 0 aliphatic heterocycles. The maximum atomic E-state index is 11.9. The average molecular weight is 501 g/mol. The molecule has 0 N–H and O–H groups in total. The molecule has 1 rings (SSSR count). The lowest BCUT2D eigenvalue weighted by molar-refractivity contribution is 0.0856. The molecule has 10 heteroatoms. The maximum absolute atomic E-state index is 11.9. The van der Waals surface area contributed by atoms with E-state index in [4.69, 9.17) is 104 Å². The van der Waals surface area contributed by atoms with E-state index in [-0.39, 0.29) is 5.56 Å². The van der Waals surface area contributed by atoms with Crippen LogP contribution in [-0.4, -0.2) is 12.5 Å². The Morgan fingerprint density at radius 3 is 1.87 bits per heavy atom. The van der Waals surface area contributed by atoms with Crippen LogP contribution in [0.15, 0.2) is 24.3 Å². The third-order valence-corrected chi connectivity index (χ3v) is 8.61. The van der Waals surface area contributed by atoms with Crippen LogP contribution in [0.3, 0.4) is 0 Å². The topological polar surface area (TPSA) is 19.9 Å². The van der Waals surface area contributed by atoms with Crippen LogP contribution in [-0.2, 0) is 9.44 Å². The summed E-state index contributed by atoms with van der Waals surface area (Å²) in [4.78, 5) is 0. The van der Waals surface area contributed by atoms with E-state index in [0.717, 1.165) is 0 Å². The Bertz CT molecular complexity index is 551. The summed E-state index contributed by atoms with van der Waals surface area (Å²) in [7, 11) is 0. The van der Waals surface area contributed by atoms with Gasteiger partial charge in [0.1, 0.15) is 6.10 Å². The van der Waals surface area contributed by atoms with Crippen LogP contribution in [0.2, 0.25) is 0 Å². The minimum atomic E-state index is -2.37. The average Bonchev–Trinajstić information content (AvgIpc) is 2.44. The van der Waals surface area contributed by atoms with Crippen LogP contribution in [0.25, 0.3) is 0 Å². The first-order valence-corrected chi connectivity index (χ1v) is 9.56. The summed E-state index contributed by atoms with van der Waals surface area (Å²) in [6.45, 7) is 1.75. The zero-order valence-electron chi connectivity index (χ0n) is 11.4. The van der Waals surface area contributed by atoms with E-state index in [1.165, 1.54) is 12.1 Å². The SMILES string of the molecule is CCC([O])c1cccc(C(Cl)(Cl)C(Cl)(Cl)C(Cl)(Cl)C(Cl)(Cl)Cl)c1. The standard InChI is InChI=1S/C13H10Cl9O/c1-2-9(23)7-4-3-5-8(6-7)10(14,15)11(16,17)12(18,19)13(20,21)22/h3-6,9H,2H2,1H3. The van der Waals surface area contributed by atoms with Crippen molar-refractivity contribution in [3.05, 3.63) is 35.4 Å². The number of halogens is 9. The van der Waals surface area contributed by atoms with Crippen molar-refractivity contribution in [1.82, 2.24) is 0 Å². The second-order valence-corrected chi connectivity index (χ2v) is 11.0. The molecule has 1 radical (unpaired) electrons. The first kappa shape index (κ1) is 22.8. The van der Waals surface area contributed by atoms with Gasteiger partial charge in [-0.1, -0.05) is 130 Å². The van der Waals surface area contributed by atoms with Gasteiger partial charge in [0.25, 0.3) is 0 Å². The first-order chi connectivity index (χ1) is 10.2. The van der Waals surface area contributed by atoms with Crippen LogP contribution in [0.5, 0.6) is 0 Å². The lowest BCUT2D eigenvalue weighted by Gasteiger charge is -2.44. The molecule has 1 nitrogen and oxygen atoms in total. The monoisotopic (exact) mass is 497 g/mol. The normalized spacial score (nSPS) is 15.6. The van der Waals surface area contributed by atoms with Crippen LogP contribution >= 0.6 is 104 Å². The molecule has 1 aromatic carbocycles. The second kappa shape index (κ2) is 7.80. The summed E-state index contributed by atoms with van der Waals surface area (Å²) in [5, 5.41) is 11.9. The van der Waals surface area contributed by atoms with E-state index in [1.807, 2.05) is 0 Å². The summed E-state index contributed by atoms with van der Waals surface area (Å²) in [5.41, 5.74) is 0.640. The minimum absolute atomic E-state index is 0.192. The van der Waals surface area contributed by atoms with E-state index < -0.39 is 22.9 Å². The Morgan fingerprint density at radius 2 is 1.43 bits per heavy atom. The summed E-state index contributed by atoms with van der Waals surface area (Å²) < 4.78 is -9.07. The van der Waals surface area contributed by atoms with Gasteiger partial charge in [-0.05, 0) is 23.6 Å². The highest BCUT2D eigenvalue weighted by molar-refractivity contribution is 6.80. The molecule has 0 aliphatic carbocycles. The highest BCUT2D eigenvalue weighted by atomic mass is 35.6. The molecule has 23 heavy (non-hydrogen) atoms. The van der Waals surface area contributed by atoms with Gasteiger partial charge in [-0.3, -0.25) is 0 Å². The lowest BCUT2D eigenvalue weighted by atomic mass is 10.00. The van der Waals surface area contributed by atoms with Crippen LogP contribution < -0.4 is 0 Å². The van der Waals surface area contributed by atoms with Crippen molar-refractivity contribution in [1.29, 1.82) is 0 Å². The molecule has 0 aliphatic rings. The molecule has 0 spiro atoms. The van der Waals surface area contributed by atoms with Gasteiger partial charge in [-0.15, -0.1) is 0 Å². The zero-order valence-corrected chi connectivity index (χ0v) is 18.2. The molecule has 0 aromatic heterocycles. The maximum Gasteiger partial charge on any atom is 0.226 e. The van der Waals surface area contributed by atoms with Crippen molar-refractivity contribution in [3.8, 4) is 0 Å². The van der Waals surface area contributed by atoms with Gasteiger partial charge in [0.2, 0.25) is 8.13 Å². The largest absolute Gasteiger partial charge is 0.228 e. The van der Waals surface area contributed by atoms with E-state index in [0.29, 0.717) is 12.0 Å². The van der Waals surface area contributed by atoms with Gasteiger partial charge in [0.15, 0.2) is 8.67 Å². The number of rotatable bonds is 5. The van der Waals surface area contributed by atoms with Gasteiger partial charge >= 0.3 is 0 Å². The number of alkyl halides is 9. The van der Waals surface area contributed by atoms with Gasteiger partial charge in [0, 0.05) is 0 Å². The number of hydrogen-bond acceptors (Lipinski definition) is 0. The van der Waals surface area contributed by atoms with Crippen molar-refractivity contribution in [2.75, 3.05) is 0 Å². The molecule has 0 amide bonds. The van der Waals surface area contributed by atoms with Gasteiger partial charge < -0.3 is 0 Å². The smallest absolute Gasteiger partial charge is 0.226 e. The van der Waals surface area contributed by atoms with Crippen molar-refractivity contribution >= 4 is 104 Å². The zero-order chi connectivity index (χ0) is 18.3. The van der Waals surface area contributed by atoms with Crippen LogP contribution in [0.1, 0.15) is 30.6 Å². The Kier molecular flexibility index (Phi) is 7.75. The van der Waals surface area contributed by atoms with E-state index in [2.05, 4.69) is 0 Å². The number of hydrogen-bond donors (Lipinski definition) is 0. The summed E-state index contributed by atoms with van der Waals surface area (Å²) >= 11 is 54.4. The van der Waals surface area contributed by atoms with Gasteiger partial charge in [0.05, 0.1) is 0 Å². The predicted molar refractivity (Wildman–Crippen MR) is 103 cm³/mol. The van der Waals surface area contributed by atoms with E-state index >= 15 is 0 Å². The molecule has 0 heterocycles.